The molecule has 0 radical (unpaired) electrons. The molecule has 8 nitrogen and oxygen atoms in total. The fourth-order valence-electron chi connectivity index (χ4n) is 5.43. The SMILES string of the molecule is CCOC(=O)C1=C(c2ccccc2)N=c2s/c(=C3/C(=O)N(CC)c4ccc(Br)cc43)c(=O)n2[C@@H]1c1ccc(OC)cc1. The second-order valence-corrected chi connectivity index (χ2v) is 11.5. The third kappa shape index (κ3) is 4.51. The minimum atomic E-state index is -0.850. The summed E-state index contributed by atoms with van der Waals surface area (Å²) >= 11 is 4.67. The Balaban J connectivity index is 1.71. The first-order valence-corrected chi connectivity index (χ1v) is 15.1. The molecule has 212 valence electrons. The first kappa shape index (κ1) is 27.9. The molecule has 1 atom stereocenters. The van der Waals surface area contributed by atoms with E-state index in [2.05, 4.69) is 15.9 Å². The van der Waals surface area contributed by atoms with Crippen molar-refractivity contribution in [3.63, 3.8) is 0 Å². The molecule has 0 N–H and O–H groups in total. The molecule has 1 amide bonds. The Labute approximate surface area is 254 Å². The number of carbonyl (C=O) groups is 2. The van der Waals surface area contributed by atoms with E-state index >= 15 is 0 Å². The van der Waals surface area contributed by atoms with Crippen molar-refractivity contribution in [2.24, 2.45) is 4.99 Å². The van der Waals surface area contributed by atoms with E-state index in [-0.39, 0.29) is 22.6 Å². The van der Waals surface area contributed by atoms with E-state index in [0.717, 1.165) is 21.5 Å². The number of carbonyl (C=O) groups excluding carboxylic acids is 2. The largest absolute Gasteiger partial charge is 0.497 e. The van der Waals surface area contributed by atoms with E-state index in [4.69, 9.17) is 14.5 Å². The van der Waals surface area contributed by atoms with Crippen LogP contribution >= 0.6 is 27.3 Å². The topological polar surface area (TPSA) is 90.2 Å². The van der Waals surface area contributed by atoms with Gasteiger partial charge in [-0.05, 0) is 49.7 Å². The Morgan fingerprint density at radius 3 is 2.43 bits per heavy atom. The molecule has 4 aromatic rings. The molecular weight excluding hydrogens is 618 g/mol. The Kier molecular flexibility index (Phi) is 7.42. The van der Waals surface area contributed by atoms with Crippen molar-refractivity contribution in [2.45, 2.75) is 19.9 Å². The van der Waals surface area contributed by atoms with Gasteiger partial charge < -0.3 is 14.4 Å². The molecule has 10 heteroatoms. The predicted molar refractivity (Wildman–Crippen MR) is 165 cm³/mol. The normalized spacial score (nSPS) is 17.1. The highest BCUT2D eigenvalue weighted by atomic mass is 79.9. The van der Waals surface area contributed by atoms with E-state index in [1.807, 2.05) is 67.6 Å². The zero-order valence-electron chi connectivity index (χ0n) is 23.1. The summed E-state index contributed by atoms with van der Waals surface area (Å²) in [6.07, 6.45) is 0. The van der Waals surface area contributed by atoms with Crippen molar-refractivity contribution < 1.29 is 19.1 Å². The van der Waals surface area contributed by atoms with Gasteiger partial charge in [0.15, 0.2) is 4.80 Å². The summed E-state index contributed by atoms with van der Waals surface area (Å²) in [5, 5.41) is 0. The first-order valence-electron chi connectivity index (χ1n) is 13.4. The van der Waals surface area contributed by atoms with Crippen molar-refractivity contribution >= 4 is 56.1 Å². The highest BCUT2D eigenvalue weighted by Gasteiger charge is 2.38. The molecular formula is C32H26BrN3O5S. The number of aromatic nitrogens is 1. The average Bonchev–Trinajstić information content (AvgIpc) is 3.47. The van der Waals surface area contributed by atoms with Crippen LogP contribution in [-0.4, -0.2) is 36.7 Å². The van der Waals surface area contributed by atoms with Gasteiger partial charge in [-0.1, -0.05) is 69.7 Å². The van der Waals surface area contributed by atoms with Gasteiger partial charge >= 0.3 is 5.97 Å². The first-order chi connectivity index (χ1) is 20.4. The number of esters is 1. The van der Waals surface area contributed by atoms with Crippen LogP contribution in [0.3, 0.4) is 0 Å². The number of likely N-dealkylation sites (N-methyl/N-ethyl adjacent to an activating group) is 1. The van der Waals surface area contributed by atoms with Crippen LogP contribution in [0.15, 0.2) is 92.6 Å². The van der Waals surface area contributed by atoms with Crippen molar-refractivity contribution in [1.82, 2.24) is 4.57 Å². The van der Waals surface area contributed by atoms with Gasteiger partial charge in [0.1, 0.15) is 10.3 Å². The second kappa shape index (κ2) is 11.2. The molecule has 0 aliphatic carbocycles. The molecule has 6 rings (SSSR count). The highest BCUT2D eigenvalue weighted by Crippen LogP contribution is 2.38. The quantitative estimate of drug-likeness (QED) is 0.290. The van der Waals surface area contributed by atoms with Crippen LogP contribution in [0.2, 0.25) is 0 Å². The molecule has 3 heterocycles. The van der Waals surface area contributed by atoms with Gasteiger partial charge in [0.05, 0.1) is 42.3 Å². The van der Waals surface area contributed by atoms with E-state index in [9.17, 15) is 14.4 Å². The Bertz CT molecular complexity index is 1940. The number of rotatable bonds is 6. The fraction of sp³-hybridized carbons (Fsp3) is 0.188. The lowest BCUT2D eigenvalue weighted by molar-refractivity contribution is -0.138. The summed E-state index contributed by atoms with van der Waals surface area (Å²) in [7, 11) is 1.57. The molecule has 2 aliphatic rings. The van der Waals surface area contributed by atoms with Crippen LogP contribution in [0.1, 0.15) is 36.6 Å². The van der Waals surface area contributed by atoms with Crippen LogP contribution in [0.4, 0.5) is 5.69 Å². The van der Waals surface area contributed by atoms with E-state index < -0.39 is 17.6 Å². The average molecular weight is 645 g/mol. The van der Waals surface area contributed by atoms with Crippen molar-refractivity contribution in [1.29, 1.82) is 0 Å². The number of methoxy groups -OCH3 is 1. The number of hydrogen-bond donors (Lipinski definition) is 0. The summed E-state index contributed by atoms with van der Waals surface area (Å²) < 4.78 is 13.5. The maximum absolute atomic E-state index is 14.4. The molecule has 3 aromatic carbocycles. The van der Waals surface area contributed by atoms with Crippen LogP contribution < -0.4 is 24.5 Å². The van der Waals surface area contributed by atoms with Crippen LogP contribution in [0.5, 0.6) is 5.75 Å². The maximum Gasteiger partial charge on any atom is 0.338 e. The molecule has 1 aromatic heterocycles. The zero-order valence-corrected chi connectivity index (χ0v) is 25.5. The molecule has 0 fully saturated rings. The van der Waals surface area contributed by atoms with Gasteiger partial charge in [0.25, 0.3) is 11.5 Å². The number of benzene rings is 3. The zero-order chi connectivity index (χ0) is 29.5. The second-order valence-electron chi connectivity index (χ2n) is 9.61. The Morgan fingerprint density at radius 1 is 1.02 bits per heavy atom. The van der Waals surface area contributed by atoms with Crippen molar-refractivity contribution in [3.8, 4) is 5.75 Å². The molecule has 2 aliphatic heterocycles. The number of hydrogen-bond acceptors (Lipinski definition) is 7. The summed E-state index contributed by atoms with van der Waals surface area (Å²) in [5.74, 6) is -0.177. The van der Waals surface area contributed by atoms with Crippen molar-refractivity contribution in [3.05, 3.63) is 119 Å². The number of fused-ring (bicyclic) bond motifs is 2. The molecule has 0 saturated carbocycles. The number of amides is 1. The lowest BCUT2D eigenvalue weighted by Gasteiger charge is -2.26. The number of halogens is 1. The van der Waals surface area contributed by atoms with Crippen LogP contribution in [-0.2, 0) is 14.3 Å². The predicted octanol–water partition coefficient (Wildman–Crippen LogP) is 4.44. The summed E-state index contributed by atoms with van der Waals surface area (Å²) in [6.45, 7) is 4.24. The molecule has 0 saturated heterocycles. The fourth-order valence-corrected chi connectivity index (χ4v) is 6.88. The summed E-state index contributed by atoms with van der Waals surface area (Å²) in [5.41, 5.74) is 3.40. The van der Waals surface area contributed by atoms with Gasteiger partial charge in [-0.15, -0.1) is 0 Å². The molecule has 0 spiro atoms. The van der Waals surface area contributed by atoms with Gasteiger partial charge in [-0.25, -0.2) is 9.79 Å². The van der Waals surface area contributed by atoms with Crippen LogP contribution in [0, 0.1) is 0 Å². The van der Waals surface area contributed by atoms with Gasteiger partial charge in [0.2, 0.25) is 0 Å². The molecule has 0 unspecified atom stereocenters. The number of ether oxygens (including phenoxy) is 2. The van der Waals surface area contributed by atoms with Crippen LogP contribution in [0.25, 0.3) is 11.3 Å². The third-order valence-corrected chi connectivity index (χ3v) is 8.85. The number of anilines is 1. The molecule has 42 heavy (non-hydrogen) atoms. The monoisotopic (exact) mass is 643 g/mol. The Hall–Kier alpha value is -4.28. The lowest BCUT2D eigenvalue weighted by atomic mass is 9.93. The van der Waals surface area contributed by atoms with Gasteiger partial charge in [-0.2, -0.15) is 0 Å². The minimum absolute atomic E-state index is 0.154. The molecule has 0 bridgehead atoms. The lowest BCUT2D eigenvalue weighted by Crippen LogP contribution is -2.41. The Morgan fingerprint density at radius 2 is 1.76 bits per heavy atom. The van der Waals surface area contributed by atoms with Gasteiger partial charge in [0, 0.05) is 22.1 Å². The number of thiazole rings is 1. The van der Waals surface area contributed by atoms with Gasteiger partial charge in [-0.3, -0.25) is 14.2 Å². The maximum atomic E-state index is 14.4. The van der Waals surface area contributed by atoms with Crippen molar-refractivity contribution in [2.75, 3.05) is 25.2 Å². The third-order valence-electron chi connectivity index (χ3n) is 7.30. The number of nitrogens with zero attached hydrogens (tertiary/aromatic N) is 3. The van der Waals surface area contributed by atoms with E-state index in [1.165, 1.54) is 4.57 Å². The van der Waals surface area contributed by atoms with E-state index in [0.29, 0.717) is 45.1 Å². The smallest absolute Gasteiger partial charge is 0.338 e. The summed E-state index contributed by atoms with van der Waals surface area (Å²) in [6, 6.07) is 21.3. The standard InChI is InChI=1S/C32H26BrN3O5S/c1-4-35-23-16-13-20(33)17-22(23)24(29(35)37)28-30(38)36-27(19-11-14-21(40-3)15-12-19)25(31(39)41-5-2)26(34-32(36)42-28)18-9-7-6-8-10-18/h6-17,27H,4-5H2,1-3H3/b28-24+/t27-/m1/s1. The minimum Gasteiger partial charge on any atom is -0.497 e. The highest BCUT2D eigenvalue weighted by molar-refractivity contribution is 9.10. The van der Waals surface area contributed by atoms with E-state index in [1.54, 1.807) is 31.1 Å². The summed E-state index contributed by atoms with van der Waals surface area (Å²) in [4.78, 5) is 48.8.